The van der Waals surface area contributed by atoms with Gasteiger partial charge in [0.1, 0.15) is 30.2 Å². The van der Waals surface area contributed by atoms with Gasteiger partial charge in [0.2, 0.25) is 0 Å². The summed E-state index contributed by atoms with van der Waals surface area (Å²) >= 11 is 3.66. The van der Waals surface area contributed by atoms with Gasteiger partial charge in [0.05, 0.1) is 0 Å². The van der Waals surface area contributed by atoms with E-state index in [1.54, 1.807) is 0 Å². The second-order valence-corrected chi connectivity index (χ2v) is 15.9. The zero-order chi connectivity index (χ0) is 37.3. The molecule has 3 aliphatic heterocycles. The monoisotopic (exact) mass is 760 g/mol. The number of nitrogens with zero attached hydrogens (tertiary/aromatic N) is 3. The van der Waals surface area contributed by atoms with Crippen molar-refractivity contribution in [3.63, 3.8) is 0 Å². The third-order valence-corrected chi connectivity index (χ3v) is 12.6. The molecule has 3 unspecified atom stereocenters. The van der Waals surface area contributed by atoms with Crippen LogP contribution < -0.4 is 16.0 Å². The summed E-state index contributed by atoms with van der Waals surface area (Å²) in [6, 6.07) is 63.6. The minimum atomic E-state index is -0.340. The van der Waals surface area contributed by atoms with Gasteiger partial charge in [0, 0.05) is 36.3 Å². The Morgan fingerprint density at radius 1 is 0.393 bits per heavy atom. The van der Waals surface area contributed by atoms with Gasteiger partial charge in [-0.15, -0.1) is 0 Å². The molecule has 270 valence electrons. The average Bonchev–Trinajstić information content (AvgIpc) is 3.29. The van der Waals surface area contributed by atoms with E-state index in [0.717, 1.165) is 56.2 Å². The normalized spacial score (nSPS) is 18.6. The Kier molecular flexibility index (Phi) is 9.28. The lowest BCUT2D eigenvalue weighted by atomic mass is 9.94. The number of hydrogen-bond acceptors (Lipinski definition) is 8. The molecule has 6 nitrogen and oxygen atoms in total. The minimum absolute atomic E-state index is 0.153. The molecule has 8 heteroatoms. The van der Waals surface area contributed by atoms with Crippen molar-refractivity contribution in [3.8, 4) is 11.1 Å². The number of fused-ring (bicyclic) bond motifs is 2. The van der Waals surface area contributed by atoms with Crippen molar-refractivity contribution in [2.45, 2.75) is 38.1 Å². The average molecular weight is 761 g/mol. The molecule has 0 radical (unpaired) electrons. The van der Waals surface area contributed by atoms with Crippen LogP contribution in [0.25, 0.3) is 11.1 Å². The Morgan fingerprint density at radius 3 is 1.71 bits per heavy atom. The van der Waals surface area contributed by atoms with Crippen LogP contribution in [0.4, 0.5) is 0 Å². The van der Waals surface area contributed by atoms with E-state index in [9.17, 15) is 0 Å². The summed E-state index contributed by atoms with van der Waals surface area (Å²) in [5, 5.41) is 11.2. The van der Waals surface area contributed by atoms with E-state index in [2.05, 4.69) is 162 Å². The maximum Gasteiger partial charge on any atom is 0.159 e. The molecule has 10 rings (SSSR count). The summed E-state index contributed by atoms with van der Waals surface area (Å²) in [6.45, 7) is 0. The number of amidine groups is 3. The zero-order valence-electron chi connectivity index (χ0n) is 30.2. The van der Waals surface area contributed by atoms with Crippen LogP contribution in [0, 0.1) is 0 Å². The molecule has 0 saturated heterocycles. The minimum Gasteiger partial charge on any atom is -0.350 e. The summed E-state index contributed by atoms with van der Waals surface area (Å²) in [4.78, 5) is 20.8. The van der Waals surface area contributed by atoms with Gasteiger partial charge in [-0.25, -0.2) is 15.0 Å². The van der Waals surface area contributed by atoms with E-state index in [4.69, 9.17) is 15.0 Å². The molecule has 3 aliphatic rings. The maximum atomic E-state index is 5.30. The summed E-state index contributed by atoms with van der Waals surface area (Å²) < 4.78 is 0. The van der Waals surface area contributed by atoms with Crippen LogP contribution in [0.5, 0.6) is 0 Å². The molecular formula is C48H36N6S2. The van der Waals surface area contributed by atoms with Gasteiger partial charge < -0.3 is 10.6 Å². The molecule has 3 atom stereocenters. The zero-order valence-corrected chi connectivity index (χ0v) is 31.8. The van der Waals surface area contributed by atoms with Gasteiger partial charge >= 0.3 is 0 Å². The highest BCUT2D eigenvalue weighted by atomic mass is 32.2. The van der Waals surface area contributed by atoms with Crippen LogP contribution in [-0.4, -0.2) is 17.5 Å². The highest BCUT2D eigenvalue weighted by Crippen LogP contribution is 2.49. The van der Waals surface area contributed by atoms with Crippen molar-refractivity contribution in [1.29, 1.82) is 0 Å². The molecule has 7 aromatic carbocycles. The standard InChI is InChI=1S/C48H36N6S2/c1-5-15-31(16-6-1)43-49-44(32-17-7-2-8-18-32)52-47(51-43)36-25-27-37(35-26-28-41-42(30-35)56-40-24-14-13-23-39(40)55-41)38(29-36)48-53-45(33-19-9-3-10-20-33)50-46(54-48)34-21-11-4-12-22-34/h1-30,43,45,47,51H,(H,49,52)(H,50,53,54). The van der Waals surface area contributed by atoms with Crippen LogP contribution in [0.3, 0.4) is 0 Å². The molecule has 3 N–H and O–H groups in total. The van der Waals surface area contributed by atoms with E-state index in [1.165, 1.54) is 19.6 Å². The number of hydrogen-bond donors (Lipinski definition) is 3. The van der Waals surface area contributed by atoms with E-state index >= 15 is 0 Å². The van der Waals surface area contributed by atoms with Crippen molar-refractivity contribution in [3.05, 3.63) is 215 Å². The first kappa shape index (κ1) is 34.3. The Morgan fingerprint density at radius 2 is 1.00 bits per heavy atom. The number of rotatable bonds is 7. The van der Waals surface area contributed by atoms with Gasteiger partial charge in [0.25, 0.3) is 0 Å². The summed E-state index contributed by atoms with van der Waals surface area (Å²) in [6.07, 6.45) is -0.822. The van der Waals surface area contributed by atoms with E-state index in [1.807, 2.05) is 59.9 Å². The Labute approximate surface area is 335 Å². The van der Waals surface area contributed by atoms with Crippen molar-refractivity contribution < 1.29 is 0 Å². The first-order chi connectivity index (χ1) is 27.7. The second-order valence-electron chi connectivity index (χ2n) is 13.8. The largest absolute Gasteiger partial charge is 0.350 e. The first-order valence-corrected chi connectivity index (χ1v) is 20.3. The maximum absolute atomic E-state index is 5.30. The predicted molar refractivity (Wildman–Crippen MR) is 230 cm³/mol. The molecular weight excluding hydrogens is 725 g/mol. The van der Waals surface area contributed by atoms with Crippen LogP contribution in [0.2, 0.25) is 0 Å². The second kappa shape index (κ2) is 15.2. The van der Waals surface area contributed by atoms with Crippen LogP contribution >= 0.6 is 23.5 Å². The Hall–Kier alpha value is -6.19. The molecule has 0 bridgehead atoms. The molecule has 0 saturated carbocycles. The summed E-state index contributed by atoms with van der Waals surface area (Å²) in [5.41, 5.74) is 8.41. The Bertz CT molecular complexity index is 2630. The molecule has 0 aromatic heterocycles. The van der Waals surface area contributed by atoms with Crippen LogP contribution in [0.1, 0.15) is 51.9 Å². The molecule has 0 aliphatic carbocycles. The van der Waals surface area contributed by atoms with Gasteiger partial charge in [-0.3, -0.25) is 5.32 Å². The van der Waals surface area contributed by atoms with Crippen LogP contribution in [0.15, 0.2) is 217 Å². The van der Waals surface area contributed by atoms with Crippen molar-refractivity contribution in [1.82, 2.24) is 16.0 Å². The predicted octanol–water partition coefficient (Wildman–Crippen LogP) is 10.8. The lowest BCUT2D eigenvalue weighted by molar-refractivity contribution is 0.409. The van der Waals surface area contributed by atoms with Gasteiger partial charge in [-0.05, 0) is 58.1 Å². The van der Waals surface area contributed by atoms with Crippen molar-refractivity contribution in [2.24, 2.45) is 15.0 Å². The highest BCUT2D eigenvalue weighted by Gasteiger charge is 2.29. The van der Waals surface area contributed by atoms with Gasteiger partial charge in [0.15, 0.2) is 5.84 Å². The fraction of sp³-hybridized carbons (Fsp3) is 0.0625. The van der Waals surface area contributed by atoms with E-state index < -0.39 is 0 Å². The summed E-state index contributed by atoms with van der Waals surface area (Å²) in [5.74, 6) is 2.29. The third-order valence-electron chi connectivity index (χ3n) is 10.1. The SMILES string of the molecule is c1ccc(C2=NC(c3ccccc3)NC(c3cc(C4N=C(c5ccccc5)NC(c5ccccc5)N4)ccc3-c3ccc4c(c3)Sc3ccccc3S4)=N2)cc1. The molecule has 56 heavy (non-hydrogen) atoms. The molecule has 0 spiro atoms. The van der Waals surface area contributed by atoms with E-state index in [-0.39, 0.29) is 18.5 Å². The number of nitrogens with one attached hydrogen (secondary N) is 3. The Balaban J connectivity index is 1.12. The molecule has 3 heterocycles. The summed E-state index contributed by atoms with van der Waals surface area (Å²) in [7, 11) is 0. The number of benzene rings is 7. The molecule has 0 amide bonds. The molecule has 7 aromatic rings. The van der Waals surface area contributed by atoms with Gasteiger partial charge in [-0.1, -0.05) is 175 Å². The van der Waals surface area contributed by atoms with Crippen LogP contribution in [-0.2, 0) is 0 Å². The van der Waals surface area contributed by atoms with Gasteiger partial charge in [-0.2, -0.15) is 0 Å². The quantitative estimate of drug-likeness (QED) is 0.151. The number of aliphatic imine (C=N–C) groups is 3. The van der Waals surface area contributed by atoms with E-state index in [0.29, 0.717) is 5.84 Å². The lowest BCUT2D eigenvalue weighted by Crippen LogP contribution is -2.45. The third kappa shape index (κ3) is 6.95. The van der Waals surface area contributed by atoms with Crippen molar-refractivity contribution >= 4 is 41.0 Å². The van der Waals surface area contributed by atoms with Crippen molar-refractivity contribution in [2.75, 3.05) is 0 Å². The highest BCUT2D eigenvalue weighted by molar-refractivity contribution is 8.05. The topological polar surface area (TPSA) is 73.2 Å². The fourth-order valence-electron chi connectivity index (χ4n) is 7.27. The first-order valence-electron chi connectivity index (χ1n) is 18.7. The molecule has 0 fully saturated rings. The lowest BCUT2D eigenvalue weighted by Gasteiger charge is -2.32. The smallest absolute Gasteiger partial charge is 0.159 e. The fourth-order valence-corrected chi connectivity index (χ4v) is 9.53.